The number of nitrogens with zero attached hydrogens (tertiary/aromatic N) is 1. The Kier molecular flexibility index (Phi) is 13.9. The average Bonchev–Trinajstić information content (AvgIpc) is 2.86. The standard InChI is InChI=1S/C9H11FN2O5.3H3O4P/c10-4-2-12(9(16)11-8(4)15)7-1-5(14)6(3-13)17-7;3*1-5(2,3)4/h2,5-7,13-14H,1,3H2,(H,11,15,16);3*(H3,1,2,3,4)/t5-,6+,7+;;;/m0.../s1. The van der Waals surface area contributed by atoms with Gasteiger partial charge in [-0.15, -0.1) is 0 Å². The van der Waals surface area contributed by atoms with E-state index in [1.807, 2.05) is 0 Å². The summed E-state index contributed by atoms with van der Waals surface area (Å²) in [5, 5.41) is 18.3. The Hall–Kier alpha value is -1.18. The predicted octanol–water partition coefficient (Wildman–Crippen LogP) is -4.47. The topological polar surface area (TPSA) is 338 Å². The largest absolute Gasteiger partial charge is 0.466 e. The van der Waals surface area contributed by atoms with Crippen molar-refractivity contribution >= 4 is 23.5 Å². The molecule has 19 nitrogen and oxygen atoms in total. The van der Waals surface area contributed by atoms with E-state index in [-0.39, 0.29) is 6.42 Å². The van der Waals surface area contributed by atoms with Gasteiger partial charge >= 0.3 is 29.2 Å². The second-order valence-corrected chi connectivity index (χ2v) is 8.38. The molecule has 0 bridgehead atoms. The van der Waals surface area contributed by atoms with Crippen LogP contribution in [0.3, 0.4) is 0 Å². The van der Waals surface area contributed by atoms with Crippen molar-refractivity contribution in [1.29, 1.82) is 0 Å². The van der Waals surface area contributed by atoms with Gasteiger partial charge in [0.2, 0.25) is 5.82 Å². The van der Waals surface area contributed by atoms with Gasteiger partial charge in [-0.3, -0.25) is 14.3 Å². The molecular formula is C9H20FN2O17P3. The quantitative estimate of drug-likeness (QED) is 0.157. The van der Waals surface area contributed by atoms with Gasteiger partial charge in [-0.1, -0.05) is 0 Å². The smallest absolute Gasteiger partial charge is 0.394 e. The molecule has 1 fully saturated rings. The van der Waals surface area contributed by atoms with Gasteiger partial charge in [0.05, 0.1) is 18.9 Å². The Morgan fingerprint density at radius 3 is 1.66 bits per heavy atom. The molecule has 190 valence electrons. The van der Waals surface area contributed by atoms with Crippen LogP contribution < -0.4 is 11.2 Å². The number of rotatable bonds is 2. The highest BCUT2D eigenvalue weighted by Crippen LogP contribution is 2.27. The lowest BCUT2D eigenvalue weighted by molar-refractivity contribution is -0.0462. The molecule has 0 amide bonds. The zero-order valence-corrected chi connectivity index (χ0v) is 17.9. The lowest BCUT2D eigenvalue weighted by atomic mass is 10.2. The molecule has 0 radical (unpaired) electrons. The second-order valence-electron chi connectivity index (χ2n) is 5.30. The number of aromatic amines is 1. The highest BCUT2D eigenvalue weighted by Gasteiger charge is 2.35. The van der Waals surface area contributed by atoms with Crippen LogP contribution in [-0.2, 0) is 18.4 Å². The summed E-state index contributed by atoms with van der Waals surface area (Å²) in [7, 11) is -13.9. The fraction of sp³-hybridized carbons (Fsp3) is 0.556. The molecule has 0 aromatic carbocycles. The van der Waals surface area contributed by atoms with Crippen molar-refractivity contribution in [3.63, 3.8) is 0 Å². The number of H-pyrrole nitrogens is 1. The normalized spacial score (nSPS) is 20.7. The minimum absolute atomic E-state index is 0.0383. The van der Waals surface area contributed by atoms with Crippen molar-refractivity contribution in [2.45, 2.75) is 24.9 Å². The number of hydrogen-bond acceptors (Lipinski definition) is 8. The Labute approximate surface area is 175 Å². The van der Waals surface area contributed by atoms with Crippen LogP contribution in [0.5, 0.6) is 0 Å². The molecule has 1 saturated heterocycles. The first-order chi connectivity index (χ1) is 14.0. The van der Waals surface area contributed by atoms with E-state index >= 15 is 0 Å². The van der Waals surface area contributed by atoms with Crippen molar-refractivity contribution < 1.29 is 77.1 Å². The third kappa shape index (κ3) is 20.7. The molecule has 23 heteroatoms. The van der Waals surface area contributed by atoms with E-state index in [9.17, 15) is 19.1 Å². The molecular weight excluding hydrogens is 520 g/mol. The summed E-state index contributed by atoms with van der Waals surface area (Å²) in [5.74, 6) is -1.12. The van der Waals surface area contributed by atoms with Crippen molar-refractivity contribution in [2.24, 2.45) is 0 Å². The molecule has 12 N–H and O–H groups in total. The molecule has 1 aliphatic heterocycles. The summed E-state index contributed by atoms with van der Waals surface area (Å²) in [6, 6.07) is 0. The third-order valence-corrected chi connectivity index (χ3v) is 2.62. The van der Waals surface area contributed by atoms with Gasteiger partial charge in [0.1, 0.15) is 12.3 Å². The Balaban J connectivity index is 0. The number of phosphoric acid groups is 3. The van der Waals surface area contributed by atoms with Gasteiger partial charge in [0.15, 0.2) is 0 Å². The molecule has 32 heavy (non-hydrogen) atoms. The predicted molar refractivity (Wildman–Crippen MR) is 95.7 cm³/mol. The number of ether oxygens (including phenoxy) is 1. The summed E-state index contributed by atoms with van der Waals surface area (Å²) < 4.78 is 45.7. The summed E-state index contributed by atoms with van der Waals surface area (Å²) in [6.45, 7) is -0.405. The maximum Gasteiger partial charge on any atom is 0.466 e. The van der Waals surface area contributed by atoms with E-state index in [0.29, 0.717) is 0 Å². The van der Waals surface area contributed by atoms with Gasteiger partial charge in [0, 0.05) is 6.42 Å². The Bertz CT molecular complexity index is 888. The second kappa shape index (κ2) is 13.5. The third-order valence-electron chi connectivity index (χ3n) is 2.62. The minimum Gasteiger partial charge on any atom is -0.394 e. The number of hydrogen-bond donors (Lipinski definition) is 12. The highest BCUT2D eigenvalue weighted by atomic mass is 31.2. The first-order valence-electron chi connectivity index (χ1n) is 7.33. The van der Waals surface area contributed by atoms with Gasteiger partial charge in [0.25, 0.3) is 5.56 Å². The minimum atomic E-state index is -4.64. The Morgan fingerprint density at radius 1 is 0.969 bits per heavy atom. The zero-order valence-electron chi connectivity index (χ0n) is 15.3. The molecule has 2 rings (SSSR count). The number of aromatic nitrogens is 2. The van der Waals surface area contributed by atoms with Crippen LogP contribution >= 0.6 is 23.5 Å². The monoisotopic (exact) mass is 540 g/mol. The van der Waals surface area contributed by atoms with Crippen molar-refractivity contribution in [3.05, 3.63) is 32.9 Å². The van der Waals surface area contributed by atoms with E-state index in [2.05, 4.69) is 0 Å². The van der Waals surface area contributed by atoms with Crippen LogP contribution in [0.1, 0.15) is 12.6 Å². The molecule has 0 unspecified atom stereocenters. The fourth-order valence-electron chi connectivity index (χ4n) is 1.72. The van der Waals surface area contributed by atoms with E-state index < -0.39 is 65.6 Å². The highest BCUT2D eigenvalue weighted by molar-refractivity contribution is 7.45. The van der Waals surface area contributed by atoms with E-state index in [1.54, 1.807) is 4.98 Å². The lowest BCUT2D eigenvalue weighted by Gasteiger charge is -2.13. The SMILES string of the molecule is O=P(O)(O)O.O=P(O)(O)O.O=P(O)(O)O.O=c1[nH]c(=O)n([C@H]2C[C@H](O)[C@@H](CO)O2)cc1F. The summed E-state index contributed by atoms with van der Waals surface area (Å²) in [5.41, 5.74) is -1.93. The number of halogens is 1. The van der Waals surface area contributed by atoms with Crippen molar-refractivity contribution in [1.82, 2.24) is 9.55 Å². The molecule has 1 aromatic heterocycles. The molecule has 1 aliphatic rings. The molecule has 3 atom stereocenters. The van der Waals surface area contributed by atoms with Gasteiger partial charge in [-0.05, 0) is 0 Å². The van der Waals surface area contributed by atoms with Crippen LogP contribution in [0.15, 0.2) is 15.8 Å². The number of nitrogens with one attached hydrogen (secondary N) is 1. The van der Waals surface area contributed by atoms with Crippen LogP contribution in [-0.4, -0.2) is 82.6 Å². The molecule has 0 spiro atoms. The number of aliphatic hydroxyl groups is 2. The first kappa shape index (κ1) is 33.0. The van der Waals surface area contributed by atoms with Gasteiger partial charge in [-0.25, -0.2) is 18.5 Å². The maximum atomic E-state index is 13.0. The average molecular weight is 540 g/mol. The molecule has 2 heterocycles. The van der Waals surface area contributed by atoms with Crippen molar-refractivity contribution in [2.75, 3.05) is 6.61 Å². The lowest BCUT2D eigenvalue weighted by Crippen LogP contribution is -2.34. The van der Waals surface area contributed by atoms with Crippen LogP contribution in [0.4, 0.5) is 4.39 Å². The van der Waals surface area contributed by atoms with Crippen molar-refractivity contribution in [3.8, 4) is 0 Å². The fourth-order valence-corrected chi connectivity index (χ4v) is 1.72. The summed E-state index contributed by atoms with van der Waals surface area (Å²) in [4.78, 5) is 88.7. The van der Waals surface area contributed by atoms with Crippen LogP contribution in [0.2, 0.25) is 0 Å². The van der Waals surface area contributed by atoms with Gasteiger partial charge in [-0.2, -0.15) is 4.39 Å². The first-order valence-corrected chi connectivity index (χ1v) is 12.0. The van der Waals surface area contributed by atoms with E-state index in [0.717, 1.165) is 10.8 Å². The van der Waals surface area contributed by atoms with Crippen LogP contribution in [0.25, 0.3) is 0 Å². The van der Waals surface area contributed by atoms with Gasteiger partial charge < -0.3 is 59.0 Å². The molecule has 0 aliphatic carbocycles. The maximum absolute atomic E-state index is 13.0. The summed E-state index contributed by atoms with van der Waals surface area (Å²) >= 11 is 0. The summed E-state index contributed by atoms with van der Waals surface area (Å²) in [6.07, 6.45) is -1.90. The number of aliphatic hydroxyl groups excluding tert-OH is 2. The van der Waals surface area contributed by atoms with Crippen LogP contribution in [0, 0.1) is 5.82 Å². The zero-order chi connectivity index (χ0) is 26.1. The molecule has 1 aromatic rings. The Morgan fingerprint density at radius 2 is 1.34 bits per heavy atom. The molecule has 0 saturated carbocycles. The van der Waals surface area contributed by atoms with E-state index in [4.69, 9.17) is 67.6 Å². The van der Waals surface area contributed by atoms with E-state index in [1.165, 1.54) is 0 Å².